The minimum atomic E-state index is 0.684. The number of allylic oxidation sites excluding steroid dienone is 1. The molecular weight excluding hydrogens is 317 g/mol. The molecule has 0 atom stereocenters. The first-order valence-electron chi connectivity index (χ1n) is 6.89. The van der Waals surface area contributed by atoms with Crippen LogP contribution >= 0.6 is 23.2 Å². The zero-order valence-corrected chi connectivity index (χ0v) is 13.0. The number of rotatable bonds is 1. The van der Waals surface area contributed by atoms with Crippen LogP contribution in [-0.2, 0) is 6.42 Å². The van der Waals surface area contributed by atoms with Crippen molar-refractivity contribution in [2.75, 3.05) is 0 Å². The maximum atomic E-state index is 6.39. The summed E-state index contributed by atoms with van der Waals surface area (Å²) in [6.07, 6.45) is 2.82. The Labute approximate surface area is 137 Å². The van der Waals surface area contributed by atoms with Gasteiger partial charge in [-0.2, -0.15) is 15.4 Å². The second kappa shape index (κ2) is 5.27. The fourth-order valence-electron chi connectivity index (χ4n) is 2.80. The number of hydrogen-bond acceptors (Lipinski definition) is 2. The summed E-state index contributed by atoms with van der Waals surface area (Å²) in [6.45, 7) is 0. The van der Waals surface area contributed by atoms with Crippen LogP contribution in [0.2, 0.25) is 10.0 Å². The van der Waals surface area contributed by atoms with E-state index in [2.05, 4.69) is 21.5 Å². The third-order valence-corrected chi connectivity index (χ3v) is 4.38. The van der Waals surface area contributed by atoms with E-state index in [4.69, 9.17) is 23.2 Å². The first-order chi connectivity index (χ1) is 10.7. The number of aromatic nitrogens is 3. The number of H-pyrrole nitrogens is 1. The molecule has 0 bridgehead atoms. The maximum absolute atomic E-state index is 6.39. The number of nitrogens with one attached hydrogen (secondary N) is 1. The van der Waals surface area contributed by atoms with Gasteiger partial charge in [-0.3, -0.25) is 0 Å². The molecule has 0 aliphatic heterocycles. The Hall–Kier alpha value is -2.10. The highest BCUT2D eigenvalue weighted by atomic mass is 35.5. The molecule has 108 valence electrons. The molecule has 0 saturated carbocycles. The van der Waals surface area contributed by atoms with Gasteiger partial charge in [-0.1, -0.05) is 53.5 Å². The Morgan fingerprint density at radius 3 is 2.64 bits per heavy atom. The standard InChI is InChI=1S/C17H11Cl2N3/c18-10-5-6-13-14(9-10)11(12-3-1-2-4-15(12)19)7-8-16-17(13)21-22-20-16/h1-7,9H,8H2,(H,20,21,22). The van der Waals surface area contributed by atoms with Gasteiger partial charge in [-0.15, -0.1) is 0 Å². The van der Waals surface area contributed by atoms with Crippen molar-refractivity contribution in [2.45, 2.75) is 6.42 Å². The van der Waals surface area contributed by atoms with Gasteiger partial charge < -0.3 is 0 Å². The Bertz CT molecular complexity index is 896. The van der Waals surface area contributed by atoms with Crippen molar-refractivity contribution >= 4 is 28.8 Å². The molecule has 22 heavy (non-hydrogen) atoms. The van der Waals surface area contributed by atoms with E-state index in [0.717, 1.165) is 33.7 Å². The fourth-order valence-corrected chi connectivity index (χ4v) is 3.21. The van der Waals surface area contributed by atoms with Crippen LogP contribution in [0.15, 0.2) is 48.5 Å². The SMILES string of the molecule is Clc1ccc2c(c1)C(c1ccccc1Cl)=CCc1n[nH]nc1-2. The molecule has 1 aromatic heterocycles. The van der Waals surface area contributed by atoms with Gasteiger partial charge in [0.1, 0.15) is 5.69 Å². The van der Waals surface area contributed by atoms with Crippen molar-refractivity contribution in [3.8, 4) is 11.3 Å². The van der Waals surface area contributed by atoms with Crippen LogP contribution in [0.25, 0.3) is 16.8 Å². The van der Waals surface area contributed by atoms with Crippen molar-refractivity contribution in [2.24, 2.45) is 0 Å². The second-order valence-electron chi connectivity index (χ2n) is 5.11. The molecule has 0 amide bonds. The summed E-state index contributed by atoms with van der Waals surface area (Å²) in [5.74, 6) is 0. The Kier molecular flexibility index (Phi) is 3.25. The number of benzene rings is 2. The van der Waals surface area contributed by atoms with Gasteiger partial charge in [-0.05, 0) is 29.3 Å². The van der Waals surface area contributed by atoms with Gasteiger partial charge in [-0.25, -0.2) is 0 Å². The molecule has 1 N–H and O–H groups in total. The minimum absolute atomic E-state index is 0.684. The lowest BCUT2D eigenvalue weighted by molar-refractivity contribution is 0.919. The molecule has 1 heterocycles. The number of fused-ring (bicyclic) bond motifs is 3. The highest BCUT2D eigenvalue weighted by Gasteiger charge is 2.21. The summed E-state index contributed by atoms with van der Waals surface area (Å²) >= 11 is 12.6. The maximum Gasteiger partial charge on any atom is 0.116 e. The summed E-state index contributed by atoms with van der Waals surface area (Å²) in [5, 5.41) is 12.6. The molecule has 4 rings (SSSR count). The molecule has 2 aromatic carbocycles. The predicted octanol–water partition coefficient (Wildman–Crippen LogP) is 4.77. The molecule has 1 aliphatic rings. The molecule has 0 spiro atoms. The summed E-state index contributed by atoms with van der Waals surface area (Å²) in [7, 11) is 0. The molecule has 0 fully saturated rings. The van der Waals surface area contributed by atoms with E-state index in [0.29, 0.717) is 16.5 Å². The van der Waals surface area contributed by atoms with E-state index in [9.17, 15) is 0 Å². The molecule has 0 saturated heterocycles. The highest BCUT2D eigenvalue weighted by Crippen LogP contribution is 2.39. The average Bonchev–Trinajstić information content (AvgIpc) is 2.92. The highest BCUT2D eigenvalue weighted by molar-refractivity contribution is 6.33. The van der Waals surface area contributed by atoms with Gasteiger partial charge in [0.25, 0.3) is 0 Å². The van der Waals surface area contributed by atoms with Gasteiger partial charge in [0.15, 0.2) is 0 Å². The molecule has 3 nitrogen and oxygen atoms in total. The van der Waals surface area contributed by atoms with Crippen molar-refractivity contribution in [3.63, 3.8) is 0 Å². The first kappa shape index (κ1) is 13.6. The van der Waals surface area contributed by atoms with Crippen LogP contribution < -0.4 is 0 Å². The predicted molar refractivity (Wildman–Crippen MR) is 89.1 cm³/mol. The van der Waals surface area contributed by atoms with E-state index >= 15 is 0 Å². The number of hydrogen-bond donors (Lipinski definition) is 1. The smallest absolute Gasteiger partial charge is 0.116 e. The number of nitrogens with zero attached hydrogens (tertiary/aromatic N) is 2. The van der Waals surface area contributed by atoms with Gasteiger partial charge >= 0.3 is 0 Å². The zero-order chi connectivity index (χ0) is 15.1. The lowest BCUT2D eigenvalue weighted by Crippen LogP contribution is -1.92. The van der Waals surface area contributed by atoms with Crippen LogP contribution in [0, 0.1) is 0 Å². The monoisotopic (exact) mass is 327 g/mol. The molecule has 1 aliphatic carbocycles. The Morgan fingerprint density at radius 1 is 0.909 bits per heavy atom. The van der Waals surface area contributed by atoms with Crippen LogP contribution in [0.3, 0.4) is 0 Å². The third kappa shape index (κ3) is 2.14. The van der Waals surface area contributed by atoms with Crippen molar-refractivity contribution < 1.29 is 0 Å². The average molecular weight is 328 g/mol. The fraction of sp³-hybridized carbons (Fsp3) is 0.0588. The van der Waals surface area contributed by atoms with Crippen LogP contribution in [-0.4, -0.2) is 15.4 Å². The zero-order valence-electron chi connectivity index (χ0n) is 11.5. The van der Waals surface area contributed by atoms with Crippen LogP contribution in [0.1, 0.15) is 16.8 Å². The first-order valence-corrected chi connectivity index (χ1v) is 7.64. The van der Waals surface area contributed by atoms with E-state index in [1.807, 2.05) is 42.5 Å². The number of halogens is 2. The molecule has 0 radical (unpaired) electrons. The van der Waals surface area contributed by atoms with Crippen LogP contribution in [0.4, 0.5) is 0 Å². The van der Waals surface area contributed by atoms with Crippen molar-refractivity contribution in [1.29, 1.82) is 0 Å². The summed E-state index contributed by atoms with van der Waals surface area (Å²) in [6, 6.07) is 13.6. The Morgan fingerprint density at radius 2 is 1.77 bits per heavy atom. The molecule has 5 heteroatoms. The lowest BCUT2D eigenvalue weighted by atomic mass is 9.93. The van der Waals surface area contributed by atoms with E-state index < -0.39 is 0 Å². The van der Waals surface area contributed by atoms with E-state index in [1.54, 1.807) is 0 Å². The lowest BCUT2D eigenvalue weighted by Gasteiger charge is -2.13. The summed E-state index contributed by atoms with van der Waals surface area (Å²) in [5.41, 5.74) is 5.87. The van der Waals surface area contributed by atoms with E-state index in [1.165, 1.54) is 0 Å². The largest absolute Gasteiger partial charge is 0.197 e. The quantitative estimate of drug-likeness (QED) is 0.699. The summed E-state index contributed by atoms with van der Waals surface area (Å²) < 4.78 is 0. The Balaban J connectivity index is 2.01. The molecule has 0 unspecified atom stereocenters. The van der Waals surface area contributed by atoms with Crippen molar-refractivity contribution in [3.05, 3.63) is 75.4 Å². The van der Waals surface area contributed by atoms with Gasteiger partial charge in [0, 0.05) is 27.6 Å². The summed E-state index contributed by atoms with van der Waals surface area (Å²) in [4.78, 5) is 0. The van der Waals surface area contributed by atoms with Gasteiger partial charge in [0.2, 0.25) is 0 Å². The van der Waals surface area contributed by atoms with Crippen molar-refractivity contribution in [1.82, 2.24) is 15.4 Å². The minimum Gasteiger partial charge on any atom is -0.197 e. The third-order valence-electron chi connectivity index (χ3n) is 3.81. The molecular formula is C17H11Cl2N3. The van der Waals surface area contributed by atoms with Crippen LogP contribution in [0.5, 0.6) is 0 Å². The topological polar surface area (TPSA) is 41.6 Å². The molecule has 3 aromatic rings. The number of aromatic amines is 1. The van der Waals surface area contributed by atoms with E-state index in [-0.39, 0.29) is 0 Å². The normalized spacial score (nSPS) is 13.1. The van der Waals surface area contributed by atoms with Gasteiger partial charge in [0.05, 0.1) is 5.69 Å². The second-order valence-corrected chi connectivity index (χ2v) is 5.95.